The molecule has 2 aliphatic rings. The lowest BCUT2D eigenvalue weighted by Gasteiger charge is -2.33. The van der Waals surface area contributed by atoms with Crippen LogP contribution in [0.5, 0.6) is 0 Å². The summed E-state index contributed by atoms with van der Waals surface area (Å²) in [7, 11) is 3.20. The molecule has 0 N–H and O–H groups in total. The number of rotatable bonds is 3. The summed E-state index contributed by atoms with van der Waals surface area (Å²) in [6.45, 7) is 1.87. The van der Waals surface area contributed by atoms with Crippen LogP contribution in [-0.2, 0) is 16.6 Å². The van der Waals surface area contributed by atoms with Crippen molar-refractivity contribution >= 4 is 22.9 Å². The van der Waals surface area contributed by atoms with Gasteiger partial charge in [-0.05, 0) is 50.3 Å². The molecule has 3 aromatic heterocycles. The summed E-state index contributed by atoms with van der Waals surface area (Å²) >= 11 is 0. The van der Waals surface area contributed by atoms with Crippen LogP contribution in [-0.4, -0.2) is 50.7 Å². The SMILES string of the molecule is COC(=O)C1CC2CCCCC2N1C(=O)c1cc(-c2ccco2)nc2c1c(C)nn2C. The molecule has 1 aliphatic heterocycles. The smallest absolute Gasteiger partial charge is 0.328 e. The zero-order valence-corrected chi connectivity index (χ0v) is 18.0. The number of pyridine rings is 1. The van der Waals surface area contributed by atoms with Gasteiger partial charge < -0.3 is 14.1 Å². The molecule has 3 atom stereocenters. The van der Waals surface area contributed by atoms with Crippen LogP contribution in [0.25, 0.3) is 22.5 Å². The van der Waals surface area contributed by atoms with Gasteiger partial charge in [0.1, 0.15) is 11.7 Å². The zero-order valence-electron chi connectivity index (χ0n) is 18.0. The van der Waals surface area contributed by atoms with Crippen LogP contribution >= 0.6 is 0 Å². The van der Waals surface area contributed by atoms with Crippen molar-refractivity contribution in [2.45, 2.75) is 51.1 Å². The summed E-state index contributed by atoms with van der Waals surface area (Å²) < 4.78 is 12.3. The van der Waals surface area contributed by atoms with E-state index in [0.717, 1.165) is 31.4 Å². The summed E-state index contributed by atoms with van der Waals surface area (Å²) in [5, 5.41) is 5.21. The molecule has 1 amide bonds. The number of ether oxygens (including phenoxy) is 1. The second kappa shape index (κ2) is 7.51. The number of furan rings is 1. The van der Waals surface area contributed by atoms with Crippen LogP contribution in [0.3, 0.4) is 0 Å². The van der Waals surface area contributed by atoms with E-state index >= 15 is 0 Å². The summed E-state index contributed by atoms with van der Waals surface area (Å²) in [5.74, 6) is 0.401. The Bertz CT molecular complexity index is 1150. The number of fused-ring (bicyclic) bond motifs is 2. The van der Waals surface area contributed by atoms with E-state index in [1.54, 1.807) is 28.0 Å². The third-order valence-electron chi connectivity index (χ3n) is 6.77. The number of hydrogen-bond acceptors (Lipinski definition) is 6. The van der Waals surface area contributed by atoms with Gasteiger partial charge in [0, 0.05) is 13.1 Å². The van der Waals surface area contributed by atoms with E-state index in [1.807, 2.05) is 20.0 Å². The molecule has 31 heavy (non-hydrogen) atoms. The van der Waals surface area contributed by atoms with Gasteiger partial charge in [-0.3, -0.25) is 9.48 Å². The summed E-state index contributed by atoms with van der Waals surface area (Å²) in [5.41, 5.74) is 2.41. The molecule has 0 bridgehead atoms. The highest BCUT2D eigenvalue weighted by Gasteiger charge is 2.48. The van der Waals surface area contributed by atoms with Crippen molar-refractivity contribution in [1.29, 1.82) is 0 Å². The maximum absolute atomic E-state index is 14.1. The van der Waals surface area contributed by atoms with Crippen LogP contribution in [0.2, 0.25) is 0 Å². The monoisotopic (exact) mass is 422 g/mol. The van der Waals surface area contributed by atoms with Crippen LogP contribution in [0.15, 0.2) is 28.9 Å². The molecule has 8 nitrogen and oxygen atoms in total. The Labute approximate surface area is 180 Å². The molecule has 1 saturated heterocycles. The highest BCUT2D eigenvalue weighted by molar-refractivity contribution is 6.08. The van der Waals surface area contributed by atoms with E-state index in [-0.39, 0.29) is 17.9 Å². The van der Waals surface area contributed by atoms with Gasteiger partial charge in [0.2, 0.25) is 0 Å². The third-order valence-corrected chi connectivity index (χ3v) is 6.77. The minimum atomic E-state index is -0.558. The molecule has 2 fully saturated rings. The van der Waals surface area contributed by atoms with Crippen molar-refractivity contribution in [3.05, 3.63) is 35.7 Å². The maximum atomic E-state index is 14.1. The number of esters is 1. The molecule has 1 saturated carbocycles. The van der Waals surface area contributed by atoms with Gasteiger partial charge in [0.25, 0.3) is 5.91 Å². The van der Waals surface area contributed by atoms with Crippen molar-refractivity contribution in [2.24, 2.45) is 13.0 Å². The number of nitrogens with zero attached hydrogens (tertiary/aromatic N) is 4. The molecule has 162 valence electrons. The van der Waals surface area contributed by atoms with E-state index in [2.05, 4.69) is 5.10 Å². The Morgan fingerprint density at radius 1 is 1.26 bits per heavy atom. The molecule has 0 aromatic carbocycles. The molecule has 1 aliphatic carbocycles. The molecule has 0 radical (unpaired) electrons. The second-order valence-corrected chi connectivity index (χ2v) is 8.54. The van der Waals surface area contributed by atoms with Crippen molar-refractivity contribution in [3.63, 3.8) is 0 Å². The lowest BCUT2D eigenvalue weighted by Crippen LogP contribution is -2.46. The number of likely N-dealkylation sites (tertiary alicyclic amines) is 1. The number of aromatic nitrogens is 3. The minimum Gasteiger partial charge on any atom is -0.467 e. The van der Waals surface area contributed by atoms with Gasteiger partial charge >= 0.3 is 5.97 Å². The first-order valence-corrected chi connectivity index (χ1v) is 10.8. The Kier molecular flexibility index (Phi) is 4.79. The first-order valence-electron chi connectivity index (χ1n) is 10.8. The number of carbonyl (C=O) groups is 2. The fourth-order valence-corrected chi connectivity index (χ4v) is 5.40. The van der Waals surface area contributed by atoms with E-state index in [4.69, 9.17) is 14.1 Å². The van der Waals surface area contributed by atoms with Crippen molar-refractivity contribution in [1.82, 2.24) is 19.7 Å². The molecule has 4 heterocycles. The first-order chi connectivity index (χ1) is 15.0. The predicted molar refractivity (Wildman–Crippen MR) is 113 cm³/mol. The van der Waals surface area contributed by atoms with Crippen LogP contribution in [0.4, 0.5) is 0 Å². The highest BCUT2D eigenvalue weighted by Crippen LogP contribution is 2.41. The van der Waals surface area contributed by atoms with E-state index in [0.29, 0.717) is 40.4 Å². The summed E-state index contributed by atoms with van der Waals surface area (Å²) in [6, 6.07) is 4.87. The van der Waals surface area contributed by atoms with Gasteiger partial charge in [-0.25, -0.2) is 9.78 Å². The second-order valence-electron chi connectivity index (χ2n) is 8.54. The molecule has 0 spiro atoms. The Morgan fingerprint density at radius 3 is 2.81 bits per heavy atom. The van der Waals surface area contributed by atoms with Crippen LogP contribution < -0.4 is 0 Å². The predicted octanol–water partition coefficient (Wildman–Crippen LogP) is 3.48. The lowest BCUT2D eigenvalue weighted by atomic mass is 9.84. The summed E-state index contributed by atoms with van der Waals surface area (Å²) in [4.78, 5) is 33.2. The zero-order chi connectivity index (χ0) is 21.7. The van der Waals surface area contributed by atoms with Crippen LogP contribution in [0, 0.1) is 12.8 Å². The minimum absolute atomic E-state index is 0.0533. The Balaban J connectivity index is 1.67. The number of aryl methyl sites for hydroxylation is 2. The number of amides is 1. The lowest BCUT2D eigenvalue weighted by molar-refractivity contribution is -0.145. The van der Waals surface area contributed by atoms with E-state index < -0.39 is 6.04 Å². The average molecular weight is 422 g/mol. The van der Waals surface area contributed by atoms with Crippen LogP contribution in [0.1, 0.15) is 48.2 Å². The molecular weight excluding hydrogens is 396 g/mol. The van der Waals surface area contributed by atoms with Gasteiger partial charge in [-0.15, -0.1) is 0 Å². The fourth-order valence-electron chi connectivity index (χ4n) is 5.40. The normalized spacial score (nSPS) is 23.2. The Hall–Kier alpha value is -3.16. The molecule has 5 rings (SSSR count). The fraction of sp³-hybridized carbons (Fsp3) is 0.478. The van der Waals surface area contributed by atoms with Gasteiger partial charge in [0.15, 0.2) is 11.4 Å². The standard InChI is InChI=1S/C23H26N4O4/c1-13-20-15(12-16(19-9-6-10-31-19)24-21(20)26(2)25-13)22(28)27-17-8-5-4-7-14(17)11-18(27)23(29)30-3/h6,9-10,12,14,17-18H,4-5,7-8,11H2,1-3H3. The number of hydrogen-bond donors (Lipinski definition) is 0. The molecule has 8 heteroatoms. The molecule has 3 aromatic rings. The number of methoxy groups -OCH3 is 1. The Morgan fingerprint density at radius 2 is 2.06 bits per heavy atom. The quantitative estimate of drug-likeness (QED) is 0.600. The van der Waals surface area contributed by atoms with Gasteiger partial charge in [-0.2, -0.15) is 5.10 Å². The van der Waals surface area contributed by atoms with Gasteiger partial charge in [-0.1, -0.05) is 12.8 Å². The van der Waals surface area contributed by atoms with Gasteiger partial charge in [0.05, 0.1) is 30.0 Å². The van der Waals surface area contributed by atoms with Crippen molar-refractivity contribution in [3.8, 4) is 11.5 Å². The maximum Gasteiger partial charge on any atom is 0.328 e. The average Bonchev–Trinajstić information content (AvgIpc) is 3.50. The summed E-state index contributed by atoms with van der Waals surface area (Å²) in [6.07, 6.45) is 6.40. The van der Waals surface area contributed by atoms with E-state index in [9.17, 15) is 9.59 Å². The van der Waals surface area contributed by atoms with Crippen molar-refractivity contribution in [2.75, 3.05) is 7.11 Å². The third kappa shape index (κ3) is 3.12. The molecular formula is C23H26N4O4. The van der Waals surface area contributed by atoms with E-state index in [1.165, 1.54) is 7.11 Å². The molecule has 3 unspecified atom stereocenters. The topological polar surface area (TPSA) is 90.5 Å². The largest absolute Gasteiger partial charge is 0.467 e. The first kappa shape index (κ1) is 19.8. The van der Waals surface area contributed by atoms with Crippen molar-refractivity contribution < 1.29 is 18.7 Å². The number of carbonyl (C=O) groups excluding carboxylic acids is 2. The highest BCUT2D eigenvalue weighted by atomic mass is 16.5.